The highest BCUT2D eigenvalue weighted by Gasteiger charge is 2.27. The molecule has 24 heavy (non-hydrogen) atoms. The van der Waals surface area contributed by atoms with Crippen LogP contribution in [0, 0.1) is 0 Å². The Morgan fingerprint density at radius 3 is 2.71 bits per heavy atom. The number of nitrogens with zero attached hydrogens (tertiary/aromatic N) is 2. The highest BCUT2D eigenvalue weighted by Crippen LogP contribution is 2.32. The quantitative estimate of drug-likeness (QED) is 0.666. The van der Waals surface area contributed by atoms with Crippen molar-refractivity contribution in [3.63, 3.8) is 0 Å². The van der Waals surface area contributed by atoms with Crippen molar-refractivity contribution in [1.82, 2.24) is 4.98 Å². The van der Waals surface area contributed by atoms with Gasteiger partial charge in [0.25, 0.3) is 5.91 Å². The zero-order valence-electron chi connectivity index (χ0n) is 13.1. The van der Waals surface area contributed by atoms with E-state index in [2.05, 4.69) is 22.0 Å². The Bertz CT molecular complexity index is 938. The molecule has 2 aromatic carbocycles. The third kappa shape index (κ3) is 2.55. The van der Waals surface area contributed by atoms with Crippen LogP contribution in [0.15, 0.2) is 53.0 Å². The summed E-state index contributed by atoms with van der Waals surface area (Å²) in [5.41, 5.74) is 2.63. The van der Waals surface area contributed by atoms with Crippen LogP contribution in [-0.2, 0) is 6.42 Å². The second-order valence-electron chi connectivity index (χ2n) is 5.74. The van der Waals surface area contributed by atoms with E-state index in [1.165, 1.54) is 0 Å². The third-order valence-electron chi connectivity index (χ3n) is 4.27. The molecule has 1 aliphatic rings. The van der Waals surface area contributed by atoms with Gasteiger partial charge in [-0.2, -0.15) is 0 Å². The minimum atomic E-state index is -0.0124. The Labute approximate surface area is 148 Å². The van der Waals surface area contributed by atoms with Crippen molar-refractivity contribution >= 4 is 38.6 Å². The fourth-order valence-electron chi connectivity index (χ4n) is 3.02. The average Bonchev–Trinajstić information content (AvgIpc) is 3.02. The number of amides is 1. The summed E-state index contributed by atoms with van der Waals surface area (Å²) in [6.45, 7) is 0.657. The molecule has 0 atom stereocenters. The molecule has 0 saturated carbocycles. The number of carbonyl (C=O) groups excluding carboxylic acids is 1. The Hall–Kier alpha value is -2.40. The number of fused-ring (bicyclic) bond motifs is 2. The lowest BCUT2D eigenvalue weighted by atomic mass is 10.1. The number of aromatic nitrogens is 1. The van der Waals surface area contributed by atoms with Crippen molar-refractivity contribution in [3.8, 4) is 5.75 Å². The van der Waals surface area contributed by atoms with Crippen LogP contribution < -0.4 is 9.64 Å². The number of carbonyl (C=O) groups is 1. The van der Waals surface area contributed by atoms with E-state index < -0.39 is 0 Å². The van der Waals surface area contributed by atoms with Crippen LogP contribution in [0.1, 0.15) is 15.9 Å². The monoisotopic (exact) mass is 382 g/mol. The van der Waals surface area contributed by atoms with E-state index in [1.807, 2.05) is 42.5 Å². The van der Waals surface area contributed by atoms with Crippen molar-refractivity contribution in [2.24, 2.45) is 0 Å². The van der Waals surface area contributed by atoms with Gasteiger partial charge in [0.1, 0.15) is 11.6 Å². The van der Waals surface area contributed by atoms with E-state index in [0.717, 1.165) is 38.9 Å². The first-order valence-corrected chi connectivity index (χ1v) is 8.50. The molecule has 0 aliphatic carbocycles. The van der Waals surface area contributed by atoms with E-state index in [9.17, 15) is 4.79 Å². The molecule has 0 bridgehead atoms. The normalized spacial score (nSPS) is 13.2. The summed E-state index contributed by atoms with van der Waals surface area (Å²) in [6.07, 6.45) is 0.817. The Balaban J connectivity index is 1.74. The molecule has 2 heterocycles. The van der Waals surface area contributed by atoms with Gasteiger partial charge in [0.15, 0.2) is 0 Å². The molecule has 0 N–H and O–H groups in total. The molecule has 4 nitrogen and oxygen atoms in total. The lowest BCUT2D eigenvalue weighted by Gasteiger charge is -2.17. The zero-order chi connectivity index (χ0) is 16.7. The molecule has 0 radical (unpaired) electrons. The highest BCUT2D eigenvalue weighted by atomic mass is 79.9. The van der Waals surface area contributed by atoms with E-state index in [4.69, 9.17) is 9.72 Å². The summed E-state index contributed by atoms with van der Waals surface area (Å²) < 4.78 is 6.23. The predicted molar refractivity (Wildman–Crippen MR) is 97.8 cm³/mol. The second kappa shape index (κ2) is 5.91. The van der Waals surface area contributed by atoms with Crippen molar-refractivity contribution in [2.45, 2.75) is 6.42 Å². The molecule has 0 spiro atoms. The van der Waals surface area contributed by atoms with Crippen LogP contribution in [0.2, 0.25) is 0 Å². The van der Waals surface area contributed by atoms with E-state index in [1.54, 1.807) is 12.0 Å². The van der Waals surface area contributed by atoms with Crippen molar-refractivity contribution in [1.29, 1.82) is 0 Å². The molecule has 0 saturated heterocycles. The summed E-state index contributed by atoms with van der Waals surface area (Å²) in [5.74, 6) is 1.56. The number of ether oxygens (including phenoxy) is 1. The number of anilines is 1. The molecule has 0 unspecified atom stereocenters. The Kier molecular flexibility index (Phi) is 3.73. The second-order valence-corrected chi connectivity index (χ2v) is 6.66. The zero-order valence-corrected chi connectivity index (χ0v) is 14.7. The SMILES string of the molecule is COc1ccc2nc3c(cc2c1)CCN3C(=O)c1ccc(Br)cc1. The summed E-state index contributed by atoms with van der Waals surface area (Å²) in [4.78, 5) is 19.3. The third-order valence-corrected chi connectivity index (χ3v) is 4.80. The van der Waals surface area contributed by atoms with Crippen LogP contribution >= 0.6 is 15.9 Å². The number of hydrogen-bond acceptors (Lipinski definition) is 3. The van der Waals surface area contributed by atoms with E-state index in [0.29, 0.717) is 12.1 Å². The standard InChI is InChI=1S/C19H15BrN2O2/c1-24-16-6-7-17-14(11-16)10-13-8-9-22(18(13)21-17)19(23)12-2-4-15(20)5-3-12/h2-7,10-11H,8-9H2,1H3. The number of benzene rings is 2. The molecular formula is C19H15BrN2O2. The van der Waals surface area contributed by atoms with Gasteiger partial charge >= 0.3 is 0 Å². The minimum absolute atomic E-state index is 0.0124. The van der Waals surface area contributed by atoms with Gasteiger partial charge in [0.05, 0.1) is 12.6 Å². The van der Waals surface area contributed by atoms with Gasteiger partial charge in [-0.3, -0.25) is 9.69 Å². The highest BCUT2D eigenvalue weighted by molar-refractivity contribution is 9.10. The molecule has 5 heteroatoms. The number of methoxy groups -OCH3 is 1. The van der Waals surface area contributed by atoms with Crippen LogP contribution in [0.3, 0.4) is 0 Å². The van der Waals surface area contributed by atoms with Crippen LogP contribution in [0.4, 0.5) is 5.82 Å². The topological polar surface area (TPSA) is 42.4 Å². The molecule has 120 valence electrons. The van der Waals surface area contributed by atoms with Crippen LogP contribution in [0.25, 0.3) is 10.9 Å². The summed E-state index contributed by atoms with van der Waals surface area (Å²) >= 11 is 3.40. The van der Waals surface area contributed by atoms with Crippen molar-refractivity contribution in [3.05, 3.63) is 64.1 Å². The van der Waals surface area contributed by atoms with Gasteiger partial charge < -0.3 is 4.74 Å². The molecule has 0 fully saturated rings. The van der Waals surface area contributed by atoms with Gasteiger partial charge in [-0.1, -0.05) is 15.9 Å². The van der Waals surface area contributed by atoms with E-state index in [-0.39, 0.29) is 5.91 Å². The summed E-state index contributed by atoms with van der Waals surface area (Å²) in [7, 11) is 1.65. The van der Waals surface area contributed by atoms with Gasteiger partial charge in [0.2, 0.25) is 0 Å². The minimum Gasteiger partial charge on any atom is -0.497 e. The van der Waals surface area contributed by atoms with Crippen molar-refractivity contribution < 1.29 is 9.53 Å². The maximum Gasteiger partial charge on any atom is 0.259 e. The maximum absolute atomic E-state index is 12.8. The first-order valence-electron chi connectivity index (χ1n) is 7.71. The average molecular weight is 383 g/mol. The smallest absolute Gasteiger partial charge is 0.259 e. The summed E-state index contributed by atoms with van der Waals surface area (Å²) in [5, 5.41) is 1.03. The Morgan fingerprint density at radius 2 is 1.96 bits per heavy atom. The fourth-order valence-corrected chi connectivity index (χ4v) is 3.28. The number of rotatable bonds is 2. The molecule has 3 aromatic rings. The number of halogens is 1. The Morgan fingerprint density at radius 1 is 1.17 bits per heavy atom. The van der Waals surface area contributed by atoms with Gasteiger partial charge in [-0.05, 0) is 60.5 Å². The molecule has 4 rings (SSSR count). The summed E-state index contributed by atoms with van der Waals surface area (Å²) in [6, 6.07) is 15.3. The molecule has 1 aliphatic heterocycles. The number of hydrogen-bond donors (Lipinski definition) is 0. The molecular weight excluding hydrogens is 368 g/mol. The van der Waals surface area contributed by atoms with Crippen molar-refractivity contribution in [2.75, 3.05) is 18.6 Å². The van der Waals surface area contributed by atoms with Gasteiger partial charge in [0, 0.05) is 22.0 Å². The molecule has 1 amide bonds. The van der Waals surface area contributed by atoms with E-state index >= 15 is 0 Å². The molecule has 1 aromatic heterocycles. The lowest BCUT2D eigenvalue weighted by molar-refractivity contribution is 0.0989. The lowest BCUT2D eigenvalue weighted by Crippen LogP contribution is -2.29. The van der Waals surface area contributed by atoms with Gasteiger partial charge in [-0.15, -0.1) is 0 Å². The predicted octanol–water partition coefficient (Wildman–Crippen LogP) is 4.21. The van der Waals surface area contributed by atoms with Crippen LogP contribution in [-0.4, -0.2) is 24.5 Å². The first kappa shape index (κ1) is 15.1. The first-order chi connectivity index (χ1) is 11.7. The number of pyridine rings is 1. The van der Waals surface area contributed by atoms with Gasteiger partial charge in [-0.25, -0.2) is 4.98 Å². The maximum atomic E-state index is 12.8. The van der Waals surface area contributed by atoms with Crippen LogP contribution in [0.5, 0.6) is 5.75 Å². The fraction of sp³-hybridized carbons (Fsp3) is 0.158. The largest absolute Gasteiger partial charge is 0.497 e.